The highest BCUT2D eigenvalue weighted by atomic mass is 16.5. The lowest BCUT2D eigenvalue weighted by atomic mass is 9.98. The van der Waals surface area contributed by atoms with E-state index in [0.717, 1.165) is 32.1 Å². The molecule has 1 aromatic carbocycles. The van der Waals surface area contributed by atoms with Gasteiger partial charge >= 0.3 is 0 Å². The van der Waals surface area contributed by atoms with Gasteiger partial charge in [-0.05, 0) is 43.9 Å². The molecule has 1 saturated carbocycles. The Hall–Kier alpha value is -2.21. The second-order valence-electron chi connectivity index (χ2n) is 7.62. The predicted molar refractivity (Wildman–Crippen MR) is 106 cm³/mol. The van der Waals surface area contributed by atoms with Crippen molar-refractivity contribution in [3.05, 3.63) is 34.9 Å². The molecule has 0 atom stereocenters. The van der Waals surface area contributed by atoms with E-state index in [0.29, 0.717) is 42.5 Å². The van der Waals surface area contributed by atoms with Crippen molar-refractivity contribution in [3.8, 4) is 0 Å². The lowest BCUT2D eigenvalue weighted by molar-refractivity contribution is 0.0273. The van der Waals surface area contributed by atoms with Crippen LogP contribution in [-0.4, -0.2) is 48.4 Å². The van der Waals surface area contributed by atoms with Gasteiger partial charge in [-0.1, -0.05) is 32.6 Å². The number of fused-ring (bicyclic) bond motifs is 1. The van der Waals surface area contributed by atoms with Crippen molar-refractivity contribution in [1.29, 1.82) is 0 Å². The van der Waals surface area contributed by atoms with Gasteiger partial charge in [-0.25, -0.2) is 0 Å². The molecule has 0 aromatic heterocycles. The summed E-state index contributed by atoms with van der Waals surface area (Å²) in [6, 6.07) is 4.74. The first kappa shape index (κ1) is 20.5. The highest BCUT2D eigenvalue weighted by Gasteiger charge is 2.35. The molecule has 0 bridgehead atoms. The van der Waals surface area contributed by atoms with Crippen LogP contribution in [0.25, 0.3) is 0 Å². The van der Waals surface area contributed by atoms with Crippen molar-refractivity contribution in [1.82, 2.24) is 10.2 Å². The van der Waals surface area contributed by atoms with E-state index in [1.54, 1.807) is 12.1 Å². The van der Waals surface area contributed by atoms with Crippen LogP contribution in [0.4, 0.5) is 0 Å². The van der Waals surface area contributed by atoms with E-state index in [-0.39, 0.29) is 17.7 Å². The molecule has 6 heteroatoms. The molecule has 1 aromatic rings. The zero-order chi connectivity index (χ0) is 19.9. The van der Waals surface area contributed by atoms with Crippen LogP contribution in [0, 0.1) is 0 Å². The number of carbonyl (C=O) groups excluding carboxylic acids is 3. The molecular formula is C22H30N2O4. The van der Waals surface area contributed by atoms with E-state index in [4.69, 9.17) is 4.74 Å². The molecule has 1 aliphatic heterocycles. The van der Waals surface area contributed by atoms with E-state index in [9.17, 15) is 14.4 Å². The number of nitrogens with zero attached hydrogens (tertiary/aromatic N) is 1. The highest BCUT2D eigenvalue weighted by Crippen LogP contribution is 2.24. The van der Waals surface area contributed by atoms with E-state index >= 15 is 0 Å². The van der Waals surface area contributed by atoms with Gasteiger partial charge in [0, 0.05) is 25.3 Å². The summed E-state index contributed by atoms with van der Waals surface area (Å²) < 4.78 is 5.86. The summed E-state index contributed by atoms with van der Waals surface area (Å²) in [5.74, 6) is -0.794. The maximum atomic E-state index is 12.5. The SMILES string of the molecule is CCCCN1C(=O)c2ccc(C(=O)NCCCOC3CCCCC3)cc2C1=O. The van der Waals surface area contributed by atoms with Crippen LogP contribution in [0.2, 0.25) is 0 Å². The van der Waals surface area contributed by atoms with Gasteiger partial charge in [-0.3, -0.25) is 19.3 Å². The van der Waals surface area contributed by atoms with Crippen LogP contribution in [0.15, 0.2) is 18.2 Å². The Bertz CT molecular complexity index is 725. The van der Waals surface area contributed by atoms with Crippen LogP contribution in [0.5, 0.6) is 0 Å². The van der Waals surface area contributed by atoms with Crippen molar-refractivity contribution in [2.24, 2.45) is 0 Å². The average molecular weight is 386 g/mol. The summed E-state index contributed by atoms with van der Waals surface area (Å²) in [5.41, 5.74) is 1.12. The quantitative estimate of drug-likeness (QED) is 0.520. The van der Waals surface area contributed by atoms with Gasteiger partial charge in [0.15, 0.2) is 0 Å². The van der Waals surface area contributed by atoms with Gasteiger partial charge in [0.1, 0.15) is 0 Å². The van der Waals surface area contributed by atoms with Gasteiger partial charge in [0.05, 0.1) is 17.2 Å². The maximum Gasteiger partial charge on any atom is 0.261 e. The van der Waals surface area contributed by atoms with Gasteiger partial charge in [-0.2, -0.15) is 0 Å². The number of hydrogen-bond donors (Lipinski definition) is 1. The molecule has 28 heavy (non-hydrogen) atoms. The predicted octanol–water partition coefficient (Wildman–Crippen LogP) is 3.55. The summed E-state index contributed by atoms with van der Waals surface area (Å²) in [6.07, 6.45) is 8.91. The van der Waals surface area contributed by atoms with Crippen molar-refractivity contribution < 1.29 is 19.1 Å². The largest absolute Gasteiger partial charge is 0.378 e. The fourth-order valence-corrected chi connectivity index (χ4v) is 3.81. The second-order valence-corrected chi connectivity index (χ2v) is 7.62. The third-order valence-corrected chi connectivity index (χ3v) is 5.48. The molecule has 2 aliphatic rings. The molecule has 1 N–H and O–H groups in total. The van der Waals surface area contributed by atoms with Crippen LogP contribution in [0.3, 0.4) is 0 Å². The standard InChI is InChI=1S/C22H30N2O4/c1-2-3-13-24-21(26)18-11-10-16(15-19(18)22(24)27)20(25)23-12-7-14-28-17-8-5-4-6-9-17/h10-11,15,17H,2-9,12-14H2,1H3,(H,23,25). The second kappa shape index (κ2) is 9.82. The molecule has 0 unspecified atom stereocenters. The molecule has 1 heterocycles. The smallest absolute Gasteiger partial charge is 0.261 e. The number of rotatable bonds is 9. The monoisotopic (exact) mass is 386 g/mol. The number of benzene rings is 1. The number of ether oxygens (including phenoxy) is 1. The summed E-state index contributed by atoms with van der Waals surface area (Å²) in [6.45, 7) is 3.61. The van der Waals surface area contributed by atoms with Crippen molar-refractivity contribution in [2.45, 2.75) is 64.4 Å². The lowest BCUT2D eigenvalue weighted by Crippen LogP contribution is -2.30. The fraction of sp³-hybridized carbons (Fsp3) is 0.591. The minimum absolute atomic E-state index is 0.229. The highest BCUT2D eigenvalue weighted by molar-refractivity contribution is 6.22. The third-order valence-electron chi connectivity index (χ3n) is 5.48. The van der Waals surface area contributed by atoms with Gasteiger partial charge in [0.2, 0.25) is 0 Å². The Balaban J connectivity index is 1.48. The van der Waals surface area contributed by atoms with Crippen LogP contribution >= 0.6 is 0 Å². The zero-order valence-electron chi connectivity index (χ0n) is 16.7. The molecule has 0 radical (unpaired) electrons. The van der Waals surface area contributed by atoms with Gasteiger partial charge in [0.25, 0.3) is 17.7 Å². The Morgan fingerprint density at radius 1 is 1.11 bits per heavy atom. The van der Waals surface area contributed by atoms with E-state index < -0.39 is 0 Å². The Morgan fingerprint density at radius 3 is 2.61 bits per heavy atom. The van der Waals surface area contributed by atoms with Gasteiger partial charge in [-0.15, -0.1) is 0 Å². The minimum atomic E-state index is -0.302. The molecule has 3 amide bonds. The molecule has 152 valence electrons. The van der Waals surface area contributed by atoms with E-state index in [2.05, 4.69) is 5.32 Å². The number of amides is 3. The first-order valence-corrected chi connectivity index (χ1v) is 10.5. The molecule has 1 aliphatic carbocycles. The van der Waals surface area contributed by atoms with Gasteiger partial charge < -0.3 is 10.1 Å². The molecule has 0 saturated heterocycles. The zero-order valence-corrected chi connectivity index (χ0v) is 16.7. The van der Waals surface area contributed by atoms with Crippen LogP contribution in [-0.2, 0) is 4.74 Å². The normalized spacial score (nSPS) is 17.1. The van der Waals surface area contributed by atoms with Crippen molar-refractivity contribution in [3.63, 3.8) is 0 Å². The van der Waals surface area contributed by atoms with Crippen molar-refractivity contribution >= 4 is 17.7 Å². The number of carbonyl (C=O) groups is 3. The van der Waals surface area contributed by atoms with E-state index in [1.807, 2.05) is 6.92 Å². The molecule has 0 spiro atoms. The summed E-state index contributed by atoms with van der Waals surface area (Å²) >= 11 is 0. The third kappa shape index (κ3) is 4.79. The Kier molecular flexibility index (Phi) is 7.20. The van der Waals surface area contributed by atoms with E-state index in [1.165, 1.54) is 30.2 Å². The summed E-state index contributed by atoms with van der Waals surface area (Å²) in [7, 11) is 0. The maximum absolute atomic E-state index is 12.5. The minimum Gasteiger partial charge on any atom is -0.378 e. The lowest BCUT2D eigenvalue weighted by Gasteiger charge is -2.21. The van der Waals surface area contributed by atoms with Crippen LogP contribution in [0.1, 0.15) is 89.4 Å². The number of nitrogens with one attached hydrogen (secondary N) is 1. The first-order chi connectivity index (χ1) is 13.6. The summed E-state index contributed by atoms with van der Waals surface area (Å²) in [5, 5.41) is 2.87. The topological polar surface area (TPSA) is 75.7 Å². The fourth-order valence-electron chi connectivity index (χ4n) is 3.81. The molecule has 1 fully saturated rings. The first-order valence-electron chi connectivity index (χ1n) is 10.5. The number of hydrogen-bond acceptors (Lipinski definition) is 4. The molecule has 3 rings (SSSR count). The Morgan fingerprint density at radius 2 is 1.86 bits per heavy atom. The molecule has 6 nitrogen and oxygen atoms in total. The average Bonchev–Trinajstić information content (AvgIpc) is 2.96. The number of unbranched alkanes of at least 4 members (excludes halogenated alkanes) is 1. The molecular weight excluding hydrogens is 356 g/mol. The number of imide groups is 1. The van der Waals surface area contributed by atoms with Crippen molar-refractivity contribution in [2.75, 3.05) is 19.7 Å². The summed E-state index contributed by atoms with van der Waals surface area (Å²) in [4.78, 5) is 38.5. The Labute approximate surface area is 166 Å². The van der Waals surface area contributed by atoms with Crippen LogP contribution < -0.4 is 5.32 Å².